The normalized spacial score (nSPS) is 10.0. The van der Waals surface area contributed by atoms with Gasteiger partial charge in [0.05, 0.1) is 30.2 Å². The number of para-hydroxylation sites is 1. The van der Waals surface area contributed by atoms with Crippen LogP contribution in [0.4, 0.5) is 11.4 Å². The van der Waals surface area contributed by atoms with Gasteiger partial charge in [-0.15, -0.1) is 0 Å². The van der Waals surface area contributed by atoms with E-state index in [4.69, 9.17) is 10.5 Å². The van der Waals surface area contributed by atoms with Gasteiger partial charge < -0.3 is 15.8 Å². The van der Waals surface area contributed by atoms with E-state index in [1.165, 1.54) is 7.11 Å². The van der Waals surface area contributed by atoms with Gasteiger partial charge in [-0.3, -0.25) is 9.78 Å². The molecule has 5 heteroatoms. The Hall–Kier alpha value is -2.56. The van der Waals surface area contributed by atoms with Crippen molar-refractivity contribution in [1.82, 2.24) is 4.98 Å². The van der Waals surface area contributed by atoms with Crippen LogP contribution < -0.4 is 15.8 Å². The molecule has 0 aliphatic carbocycles. The van der Waals surface area contributed by atoms with Crippen LogP contribution in [0, 0.1) is 6.92 Å². The zero-order chi connectivity index (χ0) is 13.8. The summed E-state index contributed by atoms with van der Waals surface area (Å²) in [6, 6.07) is 8.69. The van der Waals surface area contributed by atoms with Gasteiger partial charge in [-0.1, -0.05) is 6.07 Å². The number of nitrogen functional groups attached to an aromatic ring is 1. The first-order valence-electron chi connectivity index (χ1n) is 5.78. The molecule has 0 unspecified atom stereocenters. The molecule has 0 fully saturated rings. The lowest BCUT2D eigenvalue weighted by Crippen LogP contribution is -2.14. The number of nitrogens with one attached hydrogen (secondary N) is 1. The number of ether oxygens (including phenoxy) is 1. The fourth-order valence-electron chi connectivity index (χ4n) is 1.66. The first-order chi connectivity index (χ1) is 9.11. The summed E-state index contributed by atoms with van der Waals surface area (Å²) in [6.45, 7) is 1.88. The van der Waals surface area contributed by atoms with Crippen LogP contribution in [0.1, 0.15) is 16.1 Å². The van der Waals surface area contributed by atoms with Crippen molar-refractivity contribution in [3.8, 4) is 5.75 Å². The number of nitrogens with two attached hydrogens (primary N) is 1. The number of benzene rings is 1. The molecule has 0 spiro atoms. The molecule has 1 heterocycles. The standard InChI is InChI=1S/C14H15N3O2/c1-9-6-7-10(8-16-9)17-14(18)11-4-3-5-12(19-2)13(11)15/h3-8H,15H2,1-2H3,(H,17,18). The summed E-state index contributed by atoms with van der Waals surface area (Å²) in [7, 11) is 1.51. The Morgan fingerprint density at radius 1 is 1.32 bits per heavy atom. The molecule has 1 aromatic heterocycles. The highest BCUT2D eigenvalue weighted by Crippen LogP contribution is 2.25. The summed E-state index contributed by atoms with van der Waals surface area (Å²) in [4.78, 5) is 16.2. The monoisotopic (exact) mass is 257 g/mol. The van der Waals surface area contributed by atoms with Crippen molar-refractivity contribution in [3.05, 3.63) is 47.8 Å². The number of pyridine rings is 1. The van der Waals surface area contributed by atoms with Crippen molar-refractivity contribution in [2.45, 2.75) is 6.92 Å². The molecule has 98 valence electrons. The van der Waals surface area contributed by atoms with E-state index in [1.807, 2.05) is 13.0 Å². The topological polar surface area (TPSA) is 77.2 Å². The van der Waals surface area contributed by atoms with Crippen LogP contribution >= 0.6 is 0 Å². The largest absolute Gasteiger partial charge is 0.495 e. The van der Waals surface area contributed by atoms with E-state index in [1.54, 1.807) is 30.5 Å². The third kappa shape index (κ3) is 2.82. The molecule has 0 aliphatic heterocycles. The number of aryl methyl sites for hydroxylation is 1. The van der Waals surface area contributed by atoms with E-state index in [9.17, 15) is 4.79 Å². The highest BCUT2D eigenvalue weighted by molar-refractivity contribution is 6.08. The van der Waals surface area contributed by atoms with Crippen LogP contribution in [0.5, 0.6) is 5.75 Å². The fraction of sp³-hybridized carbons (Fsp3) is 0.143. The summed E-state index contributed by atoms with van der Waals surface area (Å²) in [5.74, 6) is 0.191. The third-order valence-electron chi connectivity index (χ3n) is 2.70. The van der Waals surface area contributed by atoms with Gasteiger partial charge in [0.25, 0.3) is 5.91 Å². The molecule has 0 bridgehead atoms. The summed E-state index contributed by atoms with van der Waals surface area (Å²) < 4.78 is 5.08. The molecule has 2 rings (SSSR count). The molecule has 1 aromatic carbocycles. The highest BCUT2D eigenvalue weighted by Gasteiger charge is 2.13. The van der Waals surface area contributed by atoms with Crippen LogP contribution in [0.25, 0.3) is 0 Å². The second-order valence-corrected chi connectivity index (χ2v) is 4.06. The maximum absolute atomic E-state index is 12.1. The zero-order valence-corrected chi connectivity index (χ0v) is 10.8. The van der Waals surface area contributed by atoms with Crippen molar-refractivity contribution in [2.24, 2.45) is 0 Å². The molecule has 5 nitrogen and oxygen atoms in total. The highest BCUT2D eigenvalue weighted by atomic mass is 16.5. The lowest BCUT2D eigenvalue weighted by Gasteiger charge is -2.10. The predicted octanol–water partition coefficient (Wildman–Crippen LogP) is 2.23. The van der Waals surface area contributed by atoms with Crippen molar-refractivity contribution < 1.29 is 9.53 Å². The molecule has 0 saturated carbocycles. The number of nitrogens with zero attached hydrogens (tertiary/aromatic N) is 1. The maximum atomic E-state index is 12.1. The fourth-order valence-corrected chi connectivity index (χ4v) is 1.66. The van der Waals surface area contributed by atoms with Crippen LogP contribution in [-0.4, -0.2) is 18.0 Å². The number of methoxy groups -OCH3 is 1. The van der Waals surface area contributed by atoms with Crippen molar-refractivity contribution in [3.63, 3.8) is 0 Å². The van der Waals surface area contributed by atoms with Gasteiger partial charge in [0.1, 0.15) is 5.75 Å². The molecule has 2 aromatic rings. The van der Waals surface area contributed by atoms with E-state index < -0.39 is 0 Å². The van der Waals surface area contributed by atoms with Gasteiger partial charge in [-0.25, -0.2) is 0 Å². The smallest absolute Gasteiger partial charge is 0.257 e. The van der Waals surface area contributed by atoms with E-state index in [2.05, 4.69) is 10.3 Å². The van der Waals surface area contributed by atoms with Crippen LogP contribution in [0.2, 0.25) is 0 Å². The third-order valence-corrected chi connectivity index (χ3v) is 2.70. The van der Waals surface area contributed by atoms with Gasteiger partial charge in [0, 0.05) is 5.69 Å². The molecular weight excluding hydrogens is 242 g/mol. The van der Waals surface area contributed by atoms with Crippen molar-refractivity contribution >= 4 is 17.3 Å². The Labute approximate surface area is 111 Å². The summed E-state index contributed by atoms with van der Waals surface area (Å²) in [5.41, 5.74) is 8.08. The Balaban J connectivity index is 2.23. The second kappa shape index (κ2) is 5.39. The minimum Gasteiger partial charge on any atom is -0.495 e. The minimum absolute atomic E-state index is 0.290. The van der Waals surface area contributed by atoms with Crippen LogP contribution in [-0.2, 0) is 0 Å². The number of amides is 1. The lowest BCUT2D eigenvalue weighted by atomic mass is 10.1. The van der Waals surface area contributed by atoms with E-state index >= 15 is 0 Å². The molecular formula is C14H15N3O2. The number of hydrogen-bond acceptors (Lipinski definition) is 4. The number of hydrogen-bond donors (Lipinski definition) is 2. The first-order valence-corrected chi connectivity index (χ1v) is 5.78. The van der Waals surface area contributed by atoms with E-state index in [0.29, 0.717) is 22.7 Å². The second-order valence-electron chi connectivity index (χ2n) is 4.06. The van der Waals surface area contributed by atoms with Gasteiger partial charge in [0.2, 0.25) is 0 Å². The van der Waals surface area contributed by atoms with Gasteiger partial charge in [-0.05, 0) is 31.2 Å². The summed E-state index contributed by atoms with van der Waals surface area (Å²) in [6.07, 6.45) is 1.60. The van der Waals surface area contributed by atoms with Crippen molar-refractivity contribution in [2.75, 3.05) is 18.2 Å². The Kier molecular flexibility index (Phi) is 3.66. The first kappa shape index (κ1) is 12.9. The van der Waals surface area contributed by atoms with Crippen molar-refractivity contribution in [1.29, 1.82) is 0 Å². The molecule has 0 aliphatic rings. The molecule has 3 N–H and O–H groups in total. The number of rotatable bonds is 3. The molecule has 0 atom stereocenters. The molecule has 1 amide bonds. The van der Waals surface area contributed by atoms with Crippen LogP contribution in [0.3, 0.4) is 0 Å². The Morgan fingerprint density at radius 2 is 2.11 bits per heavy atom. The molecule has 19 heavy (non-hydrogen) atoms. The number of carbonyl (C=O) groups excluding carboxylic acids is 1. The SMILES string of the molecule is COc1cccc(C(=O)Nc2ccc(C)nc2)c1N. The Bertz CT molecular complexity index is 594. The number of carbonyl (C=O) groups is 1. The maximum Gasteiger partial charge on any atom is 0.257 e. The van der Waals surface area contributed by atoms with Gasteiger partial charge in [-0.2, -0.15) is 0 Å². The van der Waals surface area contributed by atoms with Crippen LogP contribution in [0.15, 0.2) is 36.5 Å². The number of aromatic nitrogens is 1. The zero-order valence-electron chi connectivity index (χ0n) is 10.8. The van der Waals surface area contributed by atoms with E-state index in [0.717, 1.165) is 5.69 Å². The summed E-state index contributed by atoms with van der Waals surface area (Å²) in [5, 5.41) is 2.74. The average Bonchev–Trinajstić information content (AvgIpc) is 2.41. The predicted molar refractivity (Wildman–Crippen MR) is 74.3 cm³/mol. The lowest BCUT2D eigenvalue weighted by molar-refractivity contribution is 0.102. The average molecular weight is 257 g/mol. The minimum atomic E-state index is -0.290. The van der Waals surface area contributed by atoms with Gasteiger partial charge >= 0.3 is 0 Å². The number of anilines is 2. The summed E-state index contributed by atoms with van der Waals surface area (Å²) >= 11 is 0. The quantitative estimate of drug-likeness (QED) is 0.827. The molecule has 0 radical (unpaired) electrons. The van der Waals surface area contributed by atoms with E-state index in [-0.39, 0.29) is 5.91 Å². The molecule has 0 saturated heterocycles. The Morgan fingerprint density at radius 3 is 2.74 bits per heavy atom. The van der Waals surface area contributed by atoms with Gasteiger partial charge in [0.15, 0.2) is 0 Å².